The van der Waals surface area contributed by atoms with Crippen molar-refractivity contribution < 1.29 is 18.0 Å². The quantitative estimate of drug-likeness (QED) is 0.813. The number of aryl methyl sites for hydroxylation is 2. The fourth-order valence-corrected chi connectivity index (χ4v) is 3.32. The number of hydrogen-bond donors (Lipinski definition) is 2. The lowest BCUT2D eigenvalue weighted by atomic mass is 10.2. The number of para-hydroxylation sites is 1. The Hall–Kier alpha value is -2.67. The van der Waals surface area contributed by atoms with Crippen LogP contribution in [0.3, 0.4) is 0 Å². The molecule has 0 saturated heterocycles. The van der Waals surface area contributed by atoms with Gasteiger partial charge in [0.15, 0.2) is 9.84 Å². The van der Waals surface area contributed by atoms with Crippen molar-refractivity contribution >= 4 is 33.0 Å². The van der Waals surface area contributed by atoms with Gasteiger partial charge in [0.05, 0.1) is 0 Å². The molecule has 1 unspecified atom stereocenters. The van der Waals surface area contributed by atoms with Crippen LogP contribution in [0.25, 0.3) is 0 Å². The second-order valence-electron chi connectivity index (χ2n) is 6.17. The molecule has 0 fully saturated rings. The van der Waals surface area contributed by atoms with Gasteiger partial charge in [0, 0.05) is 11.4 Å². The maximum Gasteiger partial charge on any atom is 0.242 e. The van der Waals surface area contributed by atoms with Crippen molar-refractivity contribution in [2.75, 3.05) is 16.4 Å². The lowest BCUT2D eigenvalue weighted by Crippen LogP contribution is -2.37. The maximum atomic E-state index is 12.4. The molecule has 0 aliphatic heterocycles. The Balaban J connectivity index is 2.01. The molecule has 0 bridgehead atoms. The Morgan fingerprint density at radius 2 is 1.58 bits per heavy atom. The second-order valence-corrected chi connectivity index (χ2v) is 8.49. The molecule has 138 valence electrons. The van der Waals surface area contributed by atoms with Gasteiger partial charge < -0.3 is 10.6 Å². The summed E-state index contributed by atoms with van der Waals surface area (Å²) in [6.07, 6.45) is 0. The minimum Gasteiger partial charge on any atom is -0.325 e. The van der Waals surface area contributed by atoms with Crippen molar-refractivity contribution in [1.82, 2.24) is 0 Å². The lowest BCUT2D eigenvalue weighted by molar-refractivity contribution is -0.115. The fraction of sp³-hybridized carbons (Fsp3) is 0.263. The number of nitrogens with one attached hydrogen (secondary N) is 2. The number of amides is 2. The molecular weight excluding hydrogens is 352 g/mol. The highest BCUT2D eigenvalue weighted by Crippen LogP contribution is 2.15. The Morgan fingerprint density at radius 3 is 2.19 bits per heavy atom. The summed E-state index contributed by atoms with van der Waals surface area (Å²) in [6.45, 7) is 5.00. The molecule has 0 aromatic heterocycles. The zero-order valence-electron chi connectivity index (χ0n) is 14.9. The van der Waals surface area contributed by atoms with Crippen LogP contribution in [0.4, 0.5) is 11.4 Å². The molecule has 0 heterocycles. The molecule has 7 heteroatoms. The Kier molecular flexibility index (Phi) is 6.15. The molecule has 0 spiro atoms. The number of benzene rings is 2. The molecular formula is C19H22N2O4S. The highest BCUT2D eigenvalue weighted by Gasteiger charge is 2.30. The normalized spacial score (nSPS) is 12.3. The Labute approximate surface area is 153 Å². The minimum atomic E-state index is -3.94. The Bertz CT molecular complexity index is 905. The molecule has 1 atom stereocenters. The van der Waals surface area contributed by atoms with Crippen molar-refractivity contribution in [2.45, 2.75) is 26.0 Å². The lowest BCUT2D eigenvalue weighted by Gasteiger charge is -2.14. The summed E-state index contributed by atoms with van der Waals surface area (Å²) in [5.74, 6) is -2.10. The molecule has 2 rings (SSSR count). The van der Waals surface area contributed by atoms with Crippen LogP contribution in [0.1, 0.15) is 18.1 Å². The third-order valence-electron chi connectivity index (χ3n) is 3.98. The SMILES string of the molecule is Cc1ccc(NC(=O)CS(=O)(=O)C(C)C(=O)Nc2ccccc2C)cc1. The molecule has 2 aromatic carbocycles. The molecule has 2 N–H and O–H groups in total. The van der Waals surface area contributed by atoms with Crippen molar-refractivity contribution in [3.63, 3.8) is 0 Å². The number of anilines is 2. The van der Waals surface area contributed by atoms with Gasteiger partial charge in [-0.05, 0) is 44.5 Å². The summed E-state index contributed by atoms with van der Waals surface area (Å²) in [5, 5.41) is 3.78. The van der Waals surface area contributed by atoms with Crippen LogP contribution in [-0.2, 0) is 19.4 Å². The van der Waals surface area contributed by atoms with E-state index in [1.165, 1.54) is 6.92 Å². The van der Waals surface area contributed by atoms with E-state index in [0.29, 0.717) is 11.4 Å². The van der Waals surface area contributed by atoms with E-state index < -0.39 is 32.7 Å². The topological polar surface area (TPSA) is 92.3 Å². The molecule has 0 radical (unpaired) electrons. The average molecular weight is 374 g/mol. The number of sulfone groups is 1. The molecule has 0 saturated carbocycles. The van der Waals surface area contributed by atoms with Gasteiger partial charge in [0.25, 0.3) is 0 Å². The van der Waals surface area contributed by atoms with Crippen LogP contribution >= 0.6 is 0 Å². The van der Waals surface area contributed by atoms with Gasteiger partial charge in [-0.25, -0.2) is 8.42 Å². The van der Waals surface area contributed by atoms with E-state index in [4.69, 9.17) is 0 Å². The van der Waals surface area contributed by atoms with E-state index in [-0.39, 0.29) is 0 Å². The number of rotatable bonds is 6. The predicted molar refractivity (Wildman–Crippen MR) is 103 cm³/mol. The monoisotopic (exact) mass is 374 g/mol. The number of carbonyl (C=O) groups is 2. The third kappa shape index (κ3) is 5.16. The first-order chi connectivity index (χ1) is 12.2. The molecule has 0 aliphatic carbocycles. The van der Waals surface area contributed by atoms with Gasteiger partial charge in [0.1, 0.15) is 11.0 Å². The zero-order valence-corrected chi connectivity index (χ0v) is 15.8. The molecule has 2 amide bonds. The molecule has 0 aliphatic rings. The molecule has 6 nitrogen and oxygen atoms in total. The van der Waals surface area contributed by atoms with Crippen molar-refractivity contribution in [3.8, 4) is 0 Å². The largest absolute Gasteiger partial charge is 0.325 e. The van der Waals surface area contributed by atoms with Crippen LogP contribution < -0.4 is 10.6 Å². The van der Waals surface area contributed by atoms with Gasteiger partial charge in [0.2, 0.25) is 11.8 Å². The second kappa shape index (κ2) is 8.14. The van der Waals surface area contributed by atoms with Crippen LogP contribution in [-0.4, -0.2) is 31.2 Å². The Morgan fingerprint density at radius 1 is 0.962 bits per heavy atom. The number of carbonyl (C=O) groups excluding carboxylic acids is 2. The van der Waals surface area contributed by atoms with Crippen molar-refractivity contribution in [1.29, 1.82) is 0 Å². The zero-order chi connectivity index (χ0) is 19.3. The van der Waals surface area contributed by atoms with Gasteiger partial charge in [-0.2, -0.15) is 0 Å². The van der Waals surface area contributed by atoms with E-state index in [9.17, 15) is 18.0 Å². The van der Waals surface area contributed by atoms with E-state index in [0.717, 1.165) is 11.1 Å². The van der Waals surface area contributed by atoms with Gasteiger partial charge in [-0.3, -0.25) is 9.59 Å². The van der Waals surface area contributed by atoms with Crippen LogP contribution in [0.15, 0.2) is 48.5 Å². The standard InChI is InChI=1S/C19H22N2O4S/c1-13-8-10-16(11-9-13)20-18(22)12-26(24,25)15(3)19(23)21-17-7-5-4-6-14(17)2/h4-11,15H,12H2,1-3H3,(H,20,22)(H,21,23). The van der Waals surface area contributed by atoms with E-state index >= 15 is 0 Å². The summed E-state index contributed by atoms with van der Waals surface area (Å²) in [7, 11) is -3.94. The number of hydrogen-bond acceptors (Lipinski definition) is 4. The van der Waals surface area contributed by atoms with E-state index in [2.05, 4.69) is 10.6 Å². The molecule has 26 heavy (non-hydrogen) atoms. The average Bonchev–Trinajstić information content (AvgIpc) is 2.57. The fourth-order valence-electron chi connectivity index (χ4n) is 2.25. The van der Waals surface area contributed by atoms with Crippen LogP contribution in [0, 0.1) is 13.8 Å². The summed E-state index contributed by atoms with van der Waals surface area (Å²) < 4.78 is 24.8. The summed E-state index contributed by atoms with van der Waals surface area (Å²) >= 11 is 0. The van der Waals surface area contributed by atoms with Crippen molar-refractivity contribution in [2.24, 2.45) is 0 Å². The first kappa shape index (κ1) is 19.7. The first-order valence-corrected chi connectivity index (χ1v) is 9.85. The summed E-state index contributed by atoms with van der Waals surface area (Å²) in [4.78, 5) is 24.3. The minimum absolute atomic E-state index is 0.507. The van der Waals surface area contributed by atoms with Gasteiger partial charge >= 0.3 is 0 Å². The maximum absolute atomic E-state index is 12.4. The van der Waals surface area contributed by atoms with Crippen LogP contribution in [0.5, 0.6) is 0 Å². The van der Waals surface area contributed by atoms with Crippen molar-refractivity contribution in [3.05, 3.63) is 59.7 Å². The summed E-state index contributed by atoms with van der Waals surface area (Å²) in [6, 6.07) is 14.1. The highest BCUT2D eigenvalue weighted by molar-refractivity contribution is 7.93. The predicted octanol–water partition coefficient (Wildman–Crippen LogP) is 2.68. The smallest absolute Gasteiger partial charge is 0.242 e. The van der Waals surface area contributed by atoms with Crippen LogP contribution in [0.2, 0.25) is 0 Å². The van der Waals surface area contributed by atoms with Gasteiger partial charge in [-0.15, -0.1) is 0 Å². The summed E-state index contributed by atoms with van der Waals surface area (Å²) in [5.41, 5.74) is 2.90. The molecule has 2 aromatic rings. The third-order valence-corrected chi connectivity index (χ3v) is 5.93. The highest BCUT2D eigenvalue weighted by atomic mass is 32.2. The van der Waals surface area contributed by atoms with E-state index in [1.54, 1.807) is 24.3 Å². The van der Waals surface area contributed by atoms with Gasteiger partial charge in [-0.1, -0.05) is 35.9 Å². The van der Waals surface area contributed by atoms with E-state index in [1.807, 2.05) is 38.1 Å². The first-order valence-electron chi connectivity index (χ1n) is 8.13.